The molecule has 2 rings (SSSR count). The minimum Gasteiger partial charge on any atom is -0.478 e. The first-order chi connectivity index (χ1) is 13.7. The highest BCUT2D eigenvalue weighted by Gasteiger charge is 2.19. The minimum atomic E-state index is -0.879. The monoisotopic (exact) mass is 404 g/mol. The number of benzene rings is 2. The highest BCUT2D eigenvalue weighted by Crippen LogP contribution is 2.15. The SMILES string of the molecule is CCCC(O)C(C)C(O)CC.O=C(O)c1ccccc1.O=C(O)c1ccccc1. The zero-order chi connectivity index (χ0) is 22.2. The highest BCUT2D eigenvalue weighted by atomic mass is 16.4. The van der Waals surface area contributed by atoms with Crippen molar-refractivity contribution in [3.63, 3.8) is 0 Å². The molecule has 0 bridgehead atoms. The second-order valence-electron chi connectivity index (χ2n) is 6.53. The predicted molar refractivity (Wildman–Crippen MR) is 113 cm³/mol. The molecule has 2 aromatic carbocycles. The number of carbonyl (C=O) groups is 2. The molecule has 3 unspecified atom stereocenters. The molecular weight excluding hydrogens is 372 g/mol. The quantitative estimate of drug-likeness (QED) is 0.546. The summed E-state index contributed by atoms with van der Waals surface area (Å²) in [6.45, 7) is 5.86. The van der Waals surface area contributed by atoms with E-state index in [1.54, 1.807) is 60.7 Å². The number of carboxylic acid groups (broad SMARTS) is 2. The highest BCUT2D eigenvalue weighted by molar-refractivity contribution is 5.87. The zero-order valence-electron chi connectivity index (χ0n) is 17.2. The Balaban J connectivity index is 0.000000408. The lowest BCUT2D eigenvalue weighted by atomic mass is 9.94. The third kappa shape index (κ3) is 11.7. The topological polar surface area (TPSA) is 115 Å². The second-order valence-corrected chi connectivity index (χ2v) is 6.53. The van der Waals surface area contributed by atoms with Crippen molar-refractivity contribution in [1.29, 1.82) is 0 Å². The summed E-state index contributed by atoms with van der Waals surface area (Å²) < 4.78 is 0. The van der Waals surface area contributed by atoms with E-state index in [2.05, 4.69) is 0 Å². The molecule has 29 heavy (non-hydrogen) atoms. The van der Waals surface area contributed by atoms with Crippen molar-refractivity contribution in [3.05, 3.63) is 71.8 Å². The van der Waals surface area contributed by atoms with Crippen molar-refractivity contribution in [3.8, 4) is 0 Å². The van der Waals surface area contributed by atoms with E-state index in [1.165, 1.54) is 0 Å². The Labute approximate surface area is 172 Å². The van der Waals surface area contributed by atoms with Crippen LogP contribution in [-0.2, 0) is 0 Å². The van der Waals surface area contributed by atoms with Crippen molar-refractivity contribution in [2.75, 3.05) is 0 Å². The van der Waals surface area contributed by atoms with Gasteiger partial charge in [0.1, 0.15) is 0 Å². The summed E-state index contributed by atoms with van der Waals surface area (Å²) in [5.41, 5.74) is 0.662. The van der Waals surface area contributed by atoms with Gasteiger partial charge in [-0.25, -0.2) is 9.59 Å². The van der Waals surface area contributed by atoms with Crippen LogP contribution in [0.5, 0.6) is 0 Å². The molecule has 0 saturated carbocycles. The first-order valence-electron chi connectivity index (χ1n) is 9.67. The average Bonchev–Trinajstić information content (AvgIpc) is 2.75. The van der Waals surface area contributed by atoms with E-state index in [0.717, 1.165) is 19.3 Å². The van der Waals surface area contributed by atoms with Gasteiger partial charge in [-0.05, 0) is 37.1 Å². The third-order valence-electron chi connectivity index (χ3n) is 4.26. The third-order valence-corrected chi connectivity index (χ3v) is 4.26. The smallest absolute Gasteiger partial charge is 0.335 e. The Morgan fingerprint density at radius 2 is 1.14 bits per heavy atom. The van der Waals surface area contributed by atoms with Gasteiger partial charge in [0.2, 0.25) is 0 Å². The molecule has 0 aliphatic carbocycles. The number of aliphatic hydroxyl groups excluding tert-OH is 2. The number of hydrogen-bond acceptors (Lipinski definition) is 4. The maximum absolute atomic E-state index is 10.2. The average molecular weight is 405 g/mol. The fourth-order valence-electron chi connectivity index (χ4n) is 2.35. The molecule has 0 aliphatic heterocycles. The van der Waals surface area contributed by atoms with E-state index in [1.807, 2.05) is 20.8 Å². The summed E-state index contributed by atoms with van der Waals surface area (Å²) in [7, 11) is 0. The molecule has 0 spiro atoms. The molecule has 0 radical (unpaired) electrons. The van der Waals surface area contributed by atoms with Crippen LogP contribution in [0.4, 0.5) is 0 Å². The summed E-state index contributed by atoms with van der Waals surface area (Å²) in [5, 5.41) is 35.6. The summed E-state index contributed by atoms with van der Waals surface area (Å²) in [6.07, 6.45) is 1.80. The number of hydrogen-bond donors (Lipinski definition) is 4. The van der Waals surface area contributed by atoms with Crippen LogP contribution in [0.1, 0.15) is 60.7 Å². The fraction of sp³-hybridized carbons (Fsp3) is 0.391. The number of aliphatic hydroxyl groups is 2. The van der Waals surface area contributed by atoms with Crippen molar-refractivity contribution >= 4 is 11.9 Å². The largest absolute Gasteiger partial charge is 0.478 e. The van der Waals surface area contributed by atoms with Gasteiger partial charge in [0.25, 0.3) is 0 Å². The molecule has 0 fully saturated rings. The molecule has 0 saturated heterocycles. The van der Waals surface area contributed by atoms with Gasteiger partial charge in [0, 0.05) is 5.92 Å². The lowest BCUT2D eigenvalue weighted by Crippen LogP contribution is -2.28. The van der Waals surface area contributed by atoms with Crippen LogP contribution < -0.4 is 0 Å². The van der Waals surface area contributed by atoms with Gasteiger partial charge in [-0.3, -0.25) is 0 Å². The van der Waals surface area contributed by atoms with Gasteiger partial charge >= 0.3 is 11.9 Å². The molecular formula is C23H32O6. The lowest BCUT2D eigenvalue weighted by Gasteiger charge is -2.22. The molecule has 6 nitrogen and oxygen atoms in total. The van der Waals surface area contributed by atoms with E-state index in [0.29, 0.717) is 11.1 Å². The van der Waals surface area contributed by atoms with Crippen molar-refractivity contribution in [1.82, 2.24) is 0 Å². The molecule has 0 aromatic heterocycles. The summed E-state index contributed by atoms with van der Waals surface area (Å²) in [4.78, 5) is 20.4. The van der Waals surface area contributed by atoms with E-state index in [-0.39, 0.29) is 18.1 Å². The Hall–Kier alpha value is -2.70. The number of aromatic carboxylic acids is 2. The van der Waals surface area contributed by atoms with Crippen LogP contribution in [0.25, 0.3) is 0 Å². The van der Waals surface area contributed by atoms with E-state index >= 15 is 0 Å². The maximum Gasteiger partial charge on any atom is 0.335 e. The van der Waals surface area contributed by atoms with E-state index in [9.17, 15) is 19.8 Å². The van der Waals surface area contributed by atoms with Gasteiger partial charge in [-0.2, -0.15) is 0 Å². The summed E-state index contributed by atoms with van der Waals surface area (Å²) >= 11 is 0. The van der Waals surface area contributed by atoms with E-state index < -0.39 is 11.9 Å². The van der Waals surface area contributed by atoms with Crippen molar-refractivity contribution in [2.24, 2.45) is 5.92 Å². The summed E-state index contributed by atoms with van der Waals surface area (Å²) in [6, 6.07) is 16.6. The molecule has 6 heteroatoms. The van der Waals surface area contributed by atoms with Crippen molar-refractivity contribution < 1.29 is 30.0 Å². The zero-order valence-corrected chi connectivity index (χ0v) is 17.2. The Kier molecular flexibility index (Phi) is 13.8. The Morgan fingerprint density at radius 3 is 1.38 bits per heavy atom. The van der Waals surface area contributed by atoms with Crippen molar-refractivity contribution in [2.45, 2.75) is 52.2 Å². The number of carboxylic acids is 2. The molecule has 0 heterocycles. The van der Waals surface area contributed by atoms with Gasteiger partial charge in [-0.15, -0.1) is 0 Å². The van der Waals surface area contributed by atoms with E-state index in [4.69, 9.17) is 10.2 Å². The lowest BCUT2D eigenvalue weighted by molar-refractivity contribution is 0.0159. The minimum absolute atomic E-state index is 0.0138. The standard InChI is InChI=1S/C9H20O2.2C7H6O2/c1-4-6-9(11)7(3)8(10)5-2;2*8-7(9)6-4-2-1-3-5-6/h7-11H,4-6H2,1-3H3;2*1-5H,(H,8,9). The first-order valence-corrected chi connectivity index (χ1v) is 9.67. The van der Waals surface area contributed by atoms with Crippen LogP contribution in [-0.4, -0.2) is 44.6 Å². The van der Waals surface area contributed by atoms with Gasteiger partial charge in [-0.1, -0.05) is 63.6 Å². The molecule has 2 aromatic rings. The fourth-order valence-corrected chi connectivity index (χ4v) is 2.35. The second kappa shape index (κ2) is 15.2. The normalized spacial score (nSPS) is 12.9. The Morgan fingerprint density at radius 1 is 0.759 bits per heavy atom. The van der Waals surface area contributed by atoms with Crippen LogP contribution >= 0.6 is 0 Å². The maximum atomic E-state index is 10.2. The number of rotatable bonds is 7. The predicted octanol–water partition coefficient (Wildman–Crippen LogP) is 4.32. The van der Waals surface area contributed by atoms with Gasteiger partial charge < -0.3 is 20.4 Å². The van der Waals surface area contributed by atoms with Crippen LogP contribution in [0.3, 0.4) is 0 Å². The van der Waals surface area contributed by atoms with Gasteiger partial charge in [0.05, 0.1) is 23.3 Å². The molecule has 3 atom stereocenters. The molecule has 160 valence electrons. The first kappa shape index (κ1) is 26.3. The molecule has 4 N–H and O–H groups in total. The van der Waals surface area contributed by atoms with Crippen LogP contribution in [0.15, 0.2) is 60.7 Å². The molecule has 0 aliphatic rings. The summed E-state index contributed by atoms with van der Waals surface area (Å²) in [5.74, 6) is -1.74. The van der Waals surface area contributed by atoms with Crippen LogP contribution in [0.2, 0.25) is 0 Å². The molecule has 0 amide bonds. The Bertz CT molecular complexity index is 638. The van der Waals surface area contributed by atoms with Gasteiger partial charge in [0.15, 0.2) is 0 Å². The van der Waals surface area contributed by atoms with Crippen LogP contribution in [0, 0.1) is 5.92 Å².